The van der Waals surface area contributed by atoms with E-state index in [0.29, 0.717) is 25.3 Å². The number of hydrogen-bond donors (Lipinski definition) is 4. The van der Waals surface area contributed by atoms with Crippen molar-refractivity contribution in [3.63, 3.8) is 0 Å². The van der Waals surface area contributed by atoms with E-state index in [9.17, 15) is 70.6 Å². The Bertz CT molecular complexity index is 5660. The number of anilines is 1. The lowest BCUT2D eigenvalue weighted by Gasteiger charge is -2.56. The fourth-order valence-electron chi connectivity index (χ4n) is 17.1. The van der Waals surface area contributed by atoms with Crippen LogP contribution in [0.4, 0.5) is 27.5 Å². The molecule has 4 heterocycles. The Labute approximate surface area is 756 Å². The van der Waals surface area contributed by atoms with Gasteiger partial charge in [-0.3, -0.25) is 49.9 Å². The Morgan fingerprint density at radius 2 is 0.816 bits per heavy atom. The van der Waals surface area contributed by atoms with Gasteiger partial charge in [0.15, 0.2) is 14.7 Å². The lowest BCUT2D eigenvalue weighted by Crippen LogP contribution is -2.65. The Balaban J connectivity index is 0.000000175. The van der Waals surface area contributed by atoms with Crippen molar-refractivity contribution in [2.45, 2.75) is 113 Å². The SMILES string of the molecule is C=CCN1C(CC)[C@H](c2ccc(Br)cc2)[C@@H]1CN(C)S(=O)(=O)c1ccccc1[N+](=O)[O-].C=CCN1C(CC)[C@H](c2ccc(Br)cc2)[C@@H]1CNS(=O)(=O)c1ccccc1[N+](=O)[O-].CN1C(CO)[C@H](c2ccc(Br)cc2)[C@@H]1CN(C)S(=O)(=O)c1ccccc1[N+](=O)[O-].COc1ccc(NC(=O)N(C)C[C@H]2C(c3ccc(C#Cc4ccccc4)cc3)[C@@H](CO)N2C)cc1. The summed E-state index contributed by atoms with van der Waals surface area (Å²) in [4.78, 5) is 53.9. The largest absolute Gasteiger partial charge is 0.497 e. The number of urea groups is 1. The summed E-state index contributed by atoms with van der Waals surface area (Å²) >= 11 is 10.3. The molecule has 0 aromatic heterocycles. The van der Waals surface area contributed by atoms with E-state index in [1.165, 1.54) is 91.2 Å². The zero-order valence-electron chi connectivity index (χ0n) is 70.4. The van der Waals surface area contributed by atoms with Gasteiger partial charge in [-0.15, -0.1) is 13.2 Å². The molecule has 0 spiro atoms. The number of halogens is 3. The minimum absolute atomic E-state index is 0.0132. The van der Waals surface area contributed by atoms with Crippen LogP contribution < -0.4 is 14.8 Å². The predicted molar refractivity (Wildman–Crippen MR) is 495 cm³/mol. The summed E-state index contributed by atoms with van der Waals surface area (Å²) < 4.78 is 91.2. The number of methoxy groups -OCH3 is 1. The van der Waals surface area contributed by atoms with Crippen molar-refractivity contribution in [3.05, 3.63) is 327 Å². The first kappa shape index (κ1) is 97.4. The fraction of sp³-hybridized carbons (Fsp3) is 0.330. The average Bonchev–Trinajstić information content (AvgIpc) is 0.726. The molecule has 0 saturated carbocycles. The van der Waals surface area contributed by atoms with Gasteiger partial charge in [-0.05, 0) is 152 Å². The number of para-hydroxylation sites is 3. The number of aliphatic hydroxyl groups excluding tert-OH is 2. The maximum atomic E-state index is 13.2. The average molecular weight is 1960 g/mol. The summed E-state index contributed by atoms with van der Waals surface area (Å²) in [5.74, 6) is 7.50. The zero-order valence-corrected chi connectivity index (χ0v) is 77.6. The minimum Gasteiger partial charge on any atom is -0.497 e. The van der Waals surface area contributed by atoms with E-state index in [4.69, 9.17) is 4.74 Å². The van der Waals surface area contributed by atoms with E-state index in [1.54, 1.807) is 19.1 Å². The molecule has 0 aliphatic carbocycles. The lowest BCUT2D eigenvalue weighted by molar-refractivity contribution is -0.388. The van der Waals surface area contributed by atoms with E-state index in [1.807, 2.05) is 159 Å². The number of carbonyl (C=O) groups excluding carboxylic acids is 1. The van der Waals surface area contributed by atoms with Crippen LogP contribution in [0, 0.1) is 42.2 Å². The van der Waals surface area contributed by atoms with Crippen LogP contribution >= 0.6 is 47.8 Å². The molecule has 4 N–H and O–H groups in total. The second-order valence-corrected chi connectivity index (χ2v) is 39.2. The highest BCUT2D eigenvalue weighted by Gasteiger charge is 2.52. The van der Waals surface area contributed by atoms with Crippen molar-refractivity contribution < 1.29 is 59.8 Å². The summed E-state index contributed by atoms with van der Waals surface area (Å²) in [7, 11) is -1.97. The molecule has 12 atom stereocenters. The van der Waals surface area contributed by atoms with Crippen molar-refractivity contribution in [3.8, 4) is 17.6 Å². The molecular weight excluding hydrogens is 1850 g/mol. The first-order valence-electron chi connectivity index (χ1n) is 40.3. The molecule has 4 fully saturated rings. The standard InChI is InChI=1S/C29H31N3O3.C22H26BrN3O4S.C21H24BrN3O4S.C19H22BrN3O5S/c1-31(29(34)30-24-15-17-25(35-3)18-16-24)19-26-28(27(20-33)32(26)2)23-13-11-22(12-14-23)10-9-21-7-5-4-6-8-21;1-4-14-25-18(5-2)22(16-10-12-17(23)13-11-16)20(25)15-24(3)31(29,30)21-9-7-6-8-19(21)26(27)28;1-3-13-24-17(4-2)21(15-9-11-16(22)12-10-15)19(24)14-23-30(28,29)20-8-6-5-7-18(20)25(26)27;1-21(29(27,28)18-6-4-3-5-15(18)23(25)26)11-16-19(17(12-24)22(16)2)13-7-9-14(20)10-8-13/h4-8,11-18,26-28,33H,19-20H2,1-3H3,(H,30,34);4,6-13,18,20,22H,1,5,14-15H2,2-3H3;3,5-12,17,19,21,23H,1,4,13-14H2,2H3;3-10,16-17,19,24H,11-12H2,1-2H3/t26-,27+,28?;18?,20-,22-;17?,19-,21-;16-,17?,19+/m0000/s1. The quantitative estimate of drug-likeness (QED) is 0.0136. The van der Waals surface area contributed by atoms with Crippen molar-refractivity contribution in [1.82, 2.24) is 37.8 Å². The Kier molecular flexibility index (Phi) is 34.4. The number of carbonyl (C=O) groups is 1. The molecule has 0 radical (unpaired) electrons. The Morgan fingerprint density at radius 3 is 1.21 bits per heavy atom. The number of ether oxygens (including phenoxy) is 1. The molecular formula is C91H103Br3N12O16S3. The first-order chi connectivity index (χ1) is 59.7. The van der Waals surface area contributed by atoms with Gasteiger partial charge in [0.2, 0.25) is 30.1 Å². The van der Waals surface area contributed by atoms with Crippen LogP contribution in [0.15, 0.2) is 278 Å². The van der Waals surface area contributed by atoms with Gasteiger partial charge in [0.1, 0.15) is 5.75 Å². The highest BCUT2D eigenvalue weighted by Crippen LogP contribution is 2.47. The maximum Gasteiger partial charge on any atom is 0.321 e. The number of nitro benzene ring substituents is 3. The van der Waals surface area contributed by atoms with Crippen LogP contribution in [-0.4, -0.2) is 233 Å². The van der Waals surface area contributed by atoms with Gasteiger partial charge in [-0.1, -0.05) is 189 Å². The van der Waals surface area contributed by atoms with Crippen molar-refractivity contribution in [2.75, 3.05) is 100 Å². The predicted octanol–water partition coefficient (Wildman–Crippen LogP) is 14.9. The van der Waals surface area contributed by atoms with Gasteiger partial charge in [0.05, 0.1) is 35.1 Å². The molecule has 34 heteroatoms. The fourth-order valence-corrected chi connectivity index (χ4v) is 21.8. The van der Waals surface area contributed by atoms with Gasteiger partial charge < -0.3 is 25.2 Å². The van der Waals surface area contributed by atoms with Crippen LogP contribution in [0.25, 0.3) is 0 Å². The van der Waals surface area contributed by atoms with Crippen molar-refractivity contribution in [1.29, 1.82) is 0 Å². The Hall–Kier alpha value is -9.78. The van der Waals surface area contributed by atoms with E-state index in [2.05, 4.69) is 136 Å². The van der Waals surface area contributed by atoms with Gasteiger partial charge in [-0.2, -0.15) is 8.61 Å². The third-order valence-electron chi connectivity index (χ3n) is 23.6. The number of rotatable bonds is 31. The molecule has 0 bridgehead atoms. The molecule has 4 unspecified atom stereocenters. The third kappa shape index (κ3) is 23.0. The number of sulfonamides is 3. The molecule has 4 aliphatic rings. The highest BCUT2D eigenvalue weighted by atomic mass is 79.9. The second kappa shape index (κ2) is 44.1. The molecule has 13 rings (SSSR count). The normalized spacial score (nSPS) is 21.1. The smallest absolute Gasteiger partial charge is 0.321 e. The number of aliphatic hydroxyl groups is 2. The molecule has 4 saturated heterocycles. The lowest BCUT2D eigenvalue weighted by atomic mass is 9.73. The summed E-state index contributed by atoms with van der Waals surface area (Å²) in [5, 5.41) is 56.6. The van der Waals surface area contributed by atoms with Crippen molar-refractivity contribution in [2.24, 2.45) is 0 Å². The summed E-state index contributed by atoms with van der Waals surface area (Å²) in [6.45, 7) is 14.3. The van der Waals surface area contributed by atoms with E-state index in [-0.39, 0.29) is 126 Å². The van der Waals surface area contributed by atoms with Crippen LogP contribution in [0.3, 0.4) is 0 Å². The van der Waals surface area contributed by atoms with Gasteiger partial charge in [0, 0.05) is 181 Å². The number of hydrogen-bond acceptors (Lipinski definition) is 20. The number of nitrogens with one attached hydrogen (secondary N) is 2. The van der Waals surface area contributed by atoms with Gasteiger partial charge in [-0.25, -0.2) is 34.8 Å². The zero-order chi connectivity index (χ0) is 90.8. The molecule has 4 aliphatic heterocycles. The maximum absolute atomic E-state index is 13.2. The van der Waals surface area contributed by atoms with Crippen LogP contribution in [0.2, 0.25) is 0 Å². The molecule has 2 amide bonds. The Morgan fingerprint density at radius 1 is 0.472 bits per heavy atom. The van der Waals surface area contributed by atoms with Gasteiger partial charge >= 0.3 is 6.03 Å². The summed E-state index contributed by atoms with van der Waals surface area (Å²) in [6, 6.07) is 65.5. The third-order valence-corrected chi connectivity index (χ3v) is 30.4. The molecule has 9 aromatic rings. The van der Waals surface area contributed by atoms with Crippen molar-refractivity contribution >= 4 is 107 Å². The van der Waals surface area contributed by atoms with E-state index in [0.717, 1.165) is 69.7 Å². The number of amides is 2. The highest BCUT2D eigenvalue weighted by molar-refractivity contribution is 9.11. The van der Waals surface area contributed by atoms with Crippen LogP contribution in [-0.2, 0) is 30.1 Å². The monoisotopic (exact) mass is 1950 g/mol. The molecule has 9 aromatic carbocycles. The van der Waals surface area contributed by atoms with E-state index < -0.39 is 61.9 Å². The number of nitrogens with zero attached hydrogens (tertiary/aromatic N) is 10. The second-order valence-electron chi connectivity index (χ2n) is 30.7. The topological polar surface area (TPSA) is 345 Å². The molecule has 662 valence electrons. The number of likely N-dealkylation sites (N-methyl/N-ethyl adjacent to an activating group) is 5. The van der Waals surface area contributed by atoms with Crippen LogP contribution in [0.5, 0.6) is 5.75 Å². The molecule has 125 heavy (non-hydrogen) atoms. The first-order valence-corrected chi connectivity index (χ1v) is 47.1. The minimum atomic E-state index is -4.05. The number of nitro groups is 3. The molecule has 28 nitrogen and oxygen atoms in total. The van der Waals surface area contributed by atoms with Crippen LogP contribution in [0.1, 0.15) is 83.7 Å². The summed E-state index contributed by atoms with van der Waals surface area (Å²) in [5.41, 5.74) is 5.78. The van der Waals surface area contributed by atoms with E-state index >= 15 is 0 Å². The van der Waals surface area contributed by atoms with Gasteiger partial charge in [0.25, 0.3) is 17.1 Å². The number of benzene rings is 9. The summed E-state index contributed by atoms with van der Waals surface area (Å²) in [6.07, 6.45) is 5.47. The number of likely N-dealkylation sites (tertiary alicyclic amines) is 4.